The van der Waals surface area contributed by atoms with Crippen molar-refractivity contribution in [1.82, 2.24) is 10.2 Å². The van der Waals surface area contributed by atoms with Crippen LogP contribution in [0.3, 0.4) is 0 Å². The highest BCUT2D eigenvalue weighted by molar-refractivity contribution is 4.83. The number of likely N-dealkylation sites (N-methyl/N-ethyl adjacent to an activating group) is 1. The summed E-state index contributed by atoms with van der Waals surface area (Å²) in [4.78, 5) is 2.73. The summed E-state index contributed by atoms with van der Waals surface area (Å²) in [5, 5.41) is 3.39. The minimum absolute atomic E-state index is 0.595. The molecule has 0 aliphatic carbocycles. The zero-order chi connectivity index (χ0) is 11.3. The van der Waals surface area contributed by atoms with Gasteiger partial charge in [0.15, 0.2) is 0 Å². The van der Waals surface area contributed by atoms with Crippen molar-refractivity contribution in [3.05, 3.63) is 0 Å². The molecule has 0 amide bonds. The zero-order valence-electron chi connectivity index (χ0n) is 10.9. The van der Waals surface area contributed by atoms with Crippen molar-refractivity contribution in [2.24, 2.45) is 0 Å². The minimum atomic E-state index is 0.595. The molecule has 90 valence electrons. The van der Waals surface area contributed by atoms with E-state index in [4.69, 9.17) is 0 Å². The maximum Gasteiger partial charge on any atom is 0.0221 e. The molecule has 3 atom stereocenters. The highest BCUT2D eigenvalue weighted by Gasteiger charge is 2.26. The fraction of sp³-hybridized carbons (Fsp3) is 1.00. The summed E-state index contributed by atoms with van der Waals surface area (Å²) in [6.07, 6.45) is 6.94. The summed E-state index contributed by atoms with van der Waals surface area (Å²) in [7, 11) is 2.07. The van der Waals surface area contributed by atoms with E-state index in [1.54, 1.807) is 0 Å². The molecule has 0 saturated carbocycles. The first-order chi connectivity index (χ1) is 7.20. The fourth-order valence-corrected chi connectivity index (χ4v) is 2.70. The molecule has 0 aromatic heterocycles. The summed E-state index contributed by atoms with van der Waals surface area (Å²) < 4.78 is 0. The molecule has 0 radical (unpaired) electrons. The normalized spacial score (nSPS) is 28.4. The summed E-state index contributed by atoms with van der Waals surface area (Å²) in [5.74, 6) is 0. The van der Waals surface area contributed by atoms with E-state index < -0.39 is 0 Å². The van der Waals surface area contributed by atoms with Crippen LogP contribution in [0.2, 0.25) is 0 Å². The smallest absolute Gasteiger partial charge is 0.0221 e. The third kappa shape index (κ3) is 3.46. The number of hydrogen-bond acceptors (Lipinski definition) is 2. The Balaban J connectivity index is 2.60. The van der Waals surface area contributed by atoms with Crippen molar-refractivity contribution in [2.45, 2.75) is 71.0 Å². The molecule has 15 heavy (non-hydrogen) atoms. The molecule has 1 aliphatic rings. The molecule has 2 heteroatoms. The van der Waals surface area contributed by atoms with Gasteiger partial charge in [-0.1, -0.05) is 19.8 Å². The van der Waals surface area contributed by atoms with Crippen LogP contribution in [0, 0.1) is 0 Å². The highest BCUT2D eigenvalue weighted by atomic mass is 15.2. The molecule has 0 aromatic rings. The first-order valence-electron chi connectivity index (χ1n) is 6.63. The standard InChI is InChI=1S/C13H28N2/c1-5-13-9-7-6-8-10-15(13)12(3)11(2)14-4/h11-14H,5-10H2,1-4H3. The van der Waals surface area contributed by atoms with Gasteiger partial charge in [-0.2, -0.15) is 0 Å². The van der Waals surface area contributed by atoms with Gasteiger partial charge in [0, 0.05) is 18.1 Å². The van der Waals surface area contributed by atoms with Gasteiger partial charge in [0.2, 0.25) is 0 Å². The lowest BCUT2D eigenvalue weighted by Gasteiger charge is -2.37. The fourth-order valence-electron chi connectivity index (χ4n) is 2.70. The molecule has 0 aromatic carbocycles. The molecule has 1 N–H and O–H groups in total. The Morgan fingerprint density at radius 3 is 2.60 bits per heavy atom. The van der Waals surface area contributed by atoms with Gasteiger partial charge in [0.05, 0.1) is 0 Å². The summed E-state index contributed by atoms with van der Waals surface area (Å²) in [6, 6.07) is 2.08. The maximum absolute atomic E-state index is 3.39. The lowest BCUT2D eigenvalue weighted by molar-refractivity contribution is 0.120. The van der Waals surface area contributed by atoms with Gasteiger partial charge in [-0.25, -0.2) is 0 Å². The molecular formula is C13H28N2. The van der Waals surface area contributed by atoms with E-state index in [9.17, 15) is 0 Å². The van der Waals surface area contributed by atoms with Crippen LogP contribution >= 0.6 is 0 Å². The average molecular weight is 212 g/mol. The van der Waals surface area contributed by atoms with Crippen LogP contribution in [0.25, 0.3) is 0 Å². The van der Waals surface area contributed by atoms with Gasteiger partial charge in [-0.15, -0.1) is 0 Å². The number of likely N-dealkylation sites (tertiary alicyclic amines) is 1. The van der Waals surface area contributed by atoms with Crippen molar-refractivity contribution >= 4 is 0 Å². The van der Waals surface area contributed by atoms with Gasteiger partial charge in [0.25, 0.3) is 0 Å². The third-order valence-corrected chi connectivity index (χ3v) is 4.10. The number of hydrogen-bond donors (Lipinski definition) is 1. The SMILES string of the molecule is CCC1CCCCCN1C(C)C(C)NC. The molecule has 1 heterocycles. The van der Waals surface area contributed by atoms with Gasteiger partial charge >= 0.3 is 0 Å². The Bertz CT molecular complexity index is 170. The predicted molar refractivity (Wildman–Crippen MR) is 67.2 cm³/mol. The first-order valence-corrected chi connectivity index (χ1v) is 6.63. The van der Waals surface area contributed by atoms with Crippen LogP contribution < -0.4 is 5.32 Å². The third-order valence-electron chi connectivity index (χ3n) is 4.10. The van der Waals surface area contributed by atoms with E-state index in [1.807, 2.05) is 0 Å². The Morgan fingerprint density at radius 1 is 1.27 bits per heavy atom. The van der Waals surface area contributed by atoms with Crippen molar-refractivity contribution < 1.29 is 0 Å². The van der Waals surface area contributed by atoms with E-state index >= 15 is 0 Å². The molecule has 1 saturated heterocycles. The largest absolute Gasteiger partial charge is 0.316 e. The highest BCUT2D eigenvalue weighted by Crippen LogP contribution is 2.22. The maximum atomic E-state index is 3.39. The number of nitrogens with zero attached hydrogens (tertiary/aromatic N) is 1. The Hall–Kier alpha value is -0.0800. The van der Waals surface area contributed by atoms with Gasteiger partial charge in [-0.05, 0) is 46.7 Å². The van der Waals surface area contributed by atoms with Crippen LogP contribution in [0.1, 0.15) is 52.9 Å². The quantitative estimate of drug-likeness (QED) is 0.770. The summed E-state index contributed by atoms with van der Waals surface area (Å²) in [6.45, 7) is 8.29. The van der Waals surface area contributed by atoms with E-state index in [2.05, 4.69) is 38.0 Å². The molecular weight excluding hydrogens is 184 g/mol. The zero-order valence-corrected chi connectivity index (χ0v) is 10.9. The van der Waals surface area contributed by atoms with Crippen LogP contribution in [0.5, 0.6) is 0 Å². The number of nitrogens with one attached hydrogen (secondary N) is 1. The van der Waals surface area contributed by atoms with E-state index in [0.717, 1.165) is 6.04 Å². The molecule has 0 spiro atoms. The second-order valence-corrected chi connectivity index (χ2v) is 4.97. The minimum Gasteiger partial charge on any atom is -0.316 e. The second-order valence-electron chi connectivity index (χ2n) is 4.97. The van der Waals surface area contributed by atoms with Gasteiger partial charge in [-0.3, -0.25) is 4.90 Å². The predicted octanol–water partition coefficient (Wildman–Crippen LogP) is 2.64. The summed E-state index contributed by atoms with van der Waals surface area (Å²) in [5.41, 5.74) is 0. The van der Waals surface area contributed by atoms with Crippen molar-refractivity contribution in [1.29, 1.82) is 0 Å². The molecule has 2 nitrogen and oxygen atoms in total. The lowest BCUT2D eigenvalue weighted by Crippen LogP contribution is -2.50. The monoisotopic (exact) mass is 212 g/mol. The molecule has 3 unspecified atom stereocenters. The molecule has 1 fully saturated rings. The Kier molecular flexibility index (Phi) is 5.62. The average Bonchev–Trinajstić information content (AvgIpc) is 2.51. The van der Waals surface area contributed by atoms with Crippen molar-refractivity contribution in [3.8, 4) is 0 Å². The van der Waals surface area contributed by atoms with E-state index in [1.165, 1.54) is 38.6 Å². The molecule has 0 bridgehead atoms. The van der Waals surface area contributed by atoms with Crippen LogP contribution in [-0.4, -0.2) is 36.6 Å². The van der Waals surface area contributed by atoms with E-state index in [-0.39, 0.29) is 0 Å². The van der Waals surface area contributed by atoms with Crippen molar-refractivity contribution in [3.63, 3.8) is 0 Å². The Morgan fingerprint density at radius 2 is 2.00 bits per heavy atom. The molecule has 1 rings (SSSR count). The first kappa shape index (κ1) is 13.0. The van der Waals surface area contributed by atoms with E-state index in [0.29, 0.717) is 12.1 Å². The van der Waals surface area contributed by atoms with Crippen LogP contribution in [-0.2, 0) is 0 Å². The second kappa shape index (κ2) is 6.49. The number of rotatable bonds is 4. The Labute approximate surface area is 95.4 Å². The van der Waals surface area contributed by atoms with Crippen LogP contribution in [0.4, 0.5) is 0 Å². The lowest BCUT2D eigenvalue weighted by atomic mass is 10.0. The van der Waals surface area contributed by atoms with Crippen molar-refractivity contribution in [2.75, 3.05) is 13.6 Å². The van der Waals surface area contributed by atoms with Gasteiger partial charge < -0.3 is 5.32 Å². The van der Waals surface area contributed by atoms with Crippen LogP contribution in [0.15, 0.2) is 0 Å². The van der Waals surface area contributed by atoms with Gasteiger partial charge in [0.1, 0.15) is 0 Å². The molecule has 1 aliphatic heterocycles. The topological polar surface area (TPSA) is 15.3 Å². The summed E-state index contributed by atoms with van der Waals surface area (Å²) >= 11 is 0.